The van der Waals surface area contributed by atoms with Crippen LogP contribution in [-0.2, 0) is 4.79 Å². The van der Waals surface area contributed by atoms with Crippen LogP contribution in [0.25, 0.3) is 0 Å². The van der Waals surface area contributed by atoms with Crippen LogP contribution in [0.5, 0.6) is 11.5 Å². The van der Waals surface area contributed by atoms with E-state index in [9.17, 15) is 4.79 Å². The van der Waals surface area contributed by atoms with E-state index < -0.39 is 0 Å². The molecule has 0 saturated heterocycles. The van der Waals surface area contributed by atoms with Crippen LogP contribution in [-0.4, -0.2) is 25.2 Å². The van der Waals surface area contributed by atoms with Crippen LogP contribution in [0.15, 0.2) is 75.5 Å². The Kier molecular flexibility index (Phi) is 7.16. The normalized spacial score (nSPS) is 13.7. The van der Waals surface area contributed by atoms with Crippen molar-refractivity contribution in [2.75, 3.05) is 18.4 Å². The number of carbonyl (C=O) groups is 1. The maximum absolute atomic E-state index is 12.1. The Bertz CT molecular complexity index is 986. The van der Waals surface area contributed by atoms with Gasteiger partial charge in [0.2, 0.25) is 0 Å². The van der Waals surface area contributed by atoms with Crippen LogP contribution in [0, 0.1) is 6.92 Å². The highest BCUT2D eigenvalue weighted by Crippen LogP contribution is 2.30. The van der Waals surface area contributed by atoms with Crippen molar-refractivity contribution < 1.29 is 9.53 Å². The number of ether oxygens (including phenoxy) is 1. The summed E-state index contributed by atoms with van der Waals surface area (Å²) in [4.78, 5) is 12.1. The van der Waals surface area contributed by atoms with Crippen molar-refractivity contribution in [3.8, 4) is 11.5 Å². The summed E-state index contributed by atoms with van der Waals surface area (Å²) in [6.07, 6.45) is 3.05. The molecular formula is C21H20Cl2N4O2. The van der Waals surface area contributed by atoms with Crippen molar-refractivity contribution >= 4 is 41.0 Å². The quantitative estimate of drug-likeness (QED) is 0.447. The molecule has 0 saturated carbocycles. The first-order valence-electron chi connectivity index (χ1n) is 8.91. The number of dihydropyridines is 1. The van der Waals surface area contributed by atoms with E-state index in [1.807, 2.05) is 55.5 Å². The Balaban J connectivity index is 1.58. The van der Waals surface area contributed by atoms with Gasteiger partial charge in [-0.2, -0.15) is 5.10 Å². The molecule has 0 atom stereocenters. The number of benzene rings is 2. The first-order chi connectivity index (χ1) is 14.0. The summed E-state index contributed by atoms with van der Waals surface area (Å²) in [5.74, 6) is 1.06. The number of nitrogens with zero attached hydrogens (tertiary/aromatic N) is 1. The number of nitrogens with one attached hydrogen (secondary N) is 3. The second kappa shape index (κ2) is 10.0. The van der Waals surface area contributed by atoms with Gasteiger partial charge in [-0.15, -0.1) is 0 Å². The fraction of sp³-hybridized carbons (Fsp3) is 0.143. The summed E-state index contributed by atoms with van der Waals surface area (Å²) in [7, 11) is 0. The summed E-state index contributed by atoms with van der Waals surface area (Å²) < 4.78 is 5.99. The van der Waals surface area contributed by atoms with E-state index in [0.717, 1.165) is 11.3 Å². The largest absolute Gasteiger partial charge is 0.455 e. The Morgan fingerprint density at radius 2 is 1.90 bits per heavy atom. The molecule has 1 aliphatic rings. The number of anilines is 1. The number of hydrazone groups is 1. The molecule has 2 aromatic carbocycles. The van der Waals surface area contributed by atoms with Gasteiger partial charge in [-0.3, -0.25) is 4.79 Å². The lowest BCUT2D eigenvalue weighted by atomic mass is 10.2. The Morgan fingerprint density at radius 1 is 1.17 bits per heavy atom. The molecule has 6 nitrogen and oxygen atoms in total. The smallest absolute Gasteiger partial charge is 0.259 e. The highest BCUT2D eigenvalue weighted by molar-refractivity contribution is 6.39. The highest BCUT2D eigenvalue weighted by atomic mass is 35.5. The van der Waals surface area contributed by atoms with Crippen LogP contribution in [0.2, 0.25) is 0 Å². The minimum atomic E-state index is -0.322. The van der Waals surface area contributed by atoms with Crippen LogP contribution in [0.3, 0.4) is 0 Å². The first kappa shape index (κ1) is 20.8. The lowest BCUT2D eigenvalue weighted by Gasteiger charge is -2.14. The van der Waals surface area contributed by atoms with Crippen LogP contribution in [0.1, 0.15) is 5.56 Å². The topological polar surface area (TPSA) is 74.8 Å². The average Bonchev–Trinajstić information content (AvgIpc) is 2.71. The average molecular weight is 431 g/mol. The summed E-state index contributed by atoms with van der Waals surface area (Å²) >= 11 is 12.1. The SMILES string of the molecule is Cc1ccccc1Oc1ccccc1NCC(=O)N/N=C/C1=C(Cl)CNC=C1Cl. The number of allylic oxidation sites excluding steroid dienone is 2. The molecule has 0 aliphatic carbocycles. The number of carbonyl (C=O) groups excluding carboxylic acids is 1. The molecule has 0 spiro atoms. The van der Waals surface area contributed by atoms with Gasteiger partial charge in [0, 0.05) is 16.8 Å². The van der Waals surface area contributed by atoms with Gasteiger partial charge in [-0.05, 0) is 30.7 Å². The number of para-hydroxylation sites is 3. The van der Waals surface area contributed by atoms with Crippen molar-refractivity contribution in [1.82, 2.24) is 10.7 Å². The van der Waals surface area contributed by atoms with E-state index in [0.29, 0.717) is 33.6 Å². The molecule has 0 unspecified atom stereocenters. The molecular weight excluding hydrogens is 411 g/mol. The maximum Gasteiger partial charge on any atom is 0.259 e. The van der Waals surface area contributed by atoms with Crippen molar-refractivity contribution in [3.05, 3.63) is 75.9 Å². The number of hydrogen-bond acceptors (Lipinski definition) is 5. The van der Waals surface area contributed by atoms with E-state index in [2.05, 4.69) is 21.2 Å². The number of amides is 1. The van der Waals surface area contributed by atoms with Crippen molar-refractivity contribution in [3.63, 3.8) is 0 Å². The molecule has 2 aromatic rings. The molecule has 0 aromatic heterocycles. The van der Waals surface area contributed by atoms with Crippen LogP contribution in [0.4, 0.5) is 5.69 Å². The molecule has 0 bridgehead atoms. The van der Waals surface area contributed by atoms with Gasteiger partial charge in [0.15, 0.2) is 5.75 Å². The Morgan fingerprint density at radius 3 is 2.66 bits per heavy atom. The predicted molar refractivity (Wildman–Crippen MR) is 118 cm³/mol. The molecule has 1 aliphatic heterocycles. The second-order valence-electron chi connectivity index (χ2n) is 6.20. The minimum absolute atomic E-state index is 0.0173. The van der Waals surface area contributed by atoms with Gasteiger partial charge in [-0.1, -0.05) is 53.5 Å². The third-order valence-electron chi connectivity index (χ3n) is 4.06. The Hall–Kier alpha value is -2.96. The van der Waals surface area contributed by atoms with E-state index in [-0.39, 0.29) is 12.5 Å². The molecule has 0 fully saturated rings. The summed E-state index contributed by atoms with van der Waals surface area (Å²) in [5, 5.41) is 10.9. The van der Waals surface area contributed by atoms with E-state index in [4.69, 9.17) is 27.9 Å². The van der Waals surface area contributed by atoms with E-state index in [1.54, 1.807) is 6.20 Å². The Labute approximate surface area is 179 Å². The molecule has 8 heteroatoms. The van der Waals surface area contributed by atoms with Crippen molar-refractivity contribution in [2.24, 2.45) is 5.10 Å². The first-order valence-corrected chi connectivity index (χ1v) is 9.66. The van der Waals surface area contributed by atoms with Gasteiger partial charge in [0.25, 0.3) is 5.91 Å². The second-order valence-corrected chi connectivity index (χ2v) is 7.07. The molecule has 29 heavy (non-hydrogen) atoms. The highest BCUT2D eigenvalue weighted by Gasteiger charge is 2.11. The minimum Gasteiger partial charge on any atom is -0.455 e. The predicted octanol–water partition coefficient (Wildman–Crippen LogP) is 4.48. The van der Waals surface area contributed by atoms with Crippen LogP contribution >= 0.6 is 23.2 Å². The maximum atomic E-state index is 12.1. The summed E-state index contributed by atoms with van der Waals surface area (Å²) in [6, 6.07) is 15.2. The number of rotatable bonds is 7. The number of aryl methyl sites for hydroxylation is 1. The van der Waals surface area contributed by atoms with E-state index >= 15 is 0 Å². The molecule has 1 amide bonds. The lowest BCUT2D eigenvalue weighted by molar-refractivity contribution is -0.119. The van der Waals surface area contributed by atoms with Crippen molar-refractivity contribution in [2.45, 2.75) is 6.92 Å². The van der Waals surface area contributed by atoms with Crippen LogP contribution < -0.4 is 20.8 Å². The molecule has 1 heterocycles. The number of hydrogen-bond donors (Lipinski definition) is 3. The molecule has 150 valence electrons. The fourth-order valence-corrected chi connectivity index (χ4v) is 3.06. The van der Waals surface area contributed by atoms with Gasteiger partial charge >= 0.3 is 0 Å². The summed E-state index contributed by atoms with van der Waals surface area (Å²) in [5.41, 5.74) is 4.73. The van der Waals surface area contributed by atoms with E-state index in [1.165, 1.54) is 6.21 Å². The summed E-state index contributed by atoms with van der Waals surface area (Å²) in [6.45, 7) is 2.46. The van der Waals surface area contributed by atoms with Crippen molar-refractivity contribution in [1.29, 1.82) is 0 Å². The lowest BCUT2D eigenvalue weighted by Crippen LogP contribution is -2.26. The van der Waals surface area contributed by atoms with Gasteiger partial charge in [0.1, 0.15) is 5.75 Å². The third kappa shape index (κ3) is 5.76. The van der Waals surface area contributed by atoms with Gasteiger partial charge in [-0.25, -0.2) is 5.43 Å². The monoisotopic (exact) mass is 430 g/mol. The number of halogens is 2. The zero-order chi connectivity index (χ0) is 20.6. The zero-order valence-electron chi connectivity index (χ0n) is 15.7. The zero-order valence-corrected chi connectivity index (χ0v) is 17.2. The molecule has 3 rings (SSSR count). The molecule has 3 N–H and O–H groups in total. The van der Waals surface area contributed by atoms with Gasteiger partial charge < -0.3 is 15.4 Å². The van der Waals surface area contributed by atoms with Gasteiger partial charge in [0.05, 0.1) is 30.0 Å². The standard InChI is InChI=1S/C21H20Cl2N4O2/c1-14-6-2-4-8-19(14)29-20-9-5-3-7-18(20)25-13-21(28)27-26-10-15-16(22)11-24-12-17(15)23/h2-11,24-25H,12-13H2,1H3,(H,27,28)/b26-10+. The molecule has 0 radical (unpaired) electrons. The fourth-order valence-electron chi connectivity index (χ4n) is 2.54. The third-order valence-corrected chi connectivity index (χ3v) is 4.71.